The van der Waals surface area contributed by atoms with Gasteiger partial charge in [0.2, 0.25) is 5.88 Å². The largest absolute Gasteiger partial charge is 0.440 e. The number of amides is 1. The lowest BCUT2D eigenvalue weighted by atomic mass is 10.0. The van der Waals surface area contributed by atoms with Crippen molar-refractivity contribution < 1.29 is 26.8 Å². The van der Waals surface area contributed by atoms with Crippen LogP contribution in [0, 0.1) is 0 Å². The monoisotopic (exact) mass is 397 g/mol. The van der Waals surface area contributed by atoms with Gasteiger partial charge in [0.05, 0.1) is 11.6 Å². The first-order chi connectivity index (χ1) is 12.5. The fourth-order valence-corrected chi connectivity index (χ4v) is 3.02. The molecule has 11 nitrogen and oxygen atoms in total. The zero-order valence-electron chi connectivity index (χ0n) is 14.2. The molecule has 3 rings (SSSR count). The number of nitrogens with zero attached hydrogens (tertiary/aromatic N) is 1. The van der Waals surface area contributed by atoms with Crippen molar-refractivity contribution in [3.05, 3.63) is 55.7 Å². The van der Waals surface area contributed by atoms with Crippen molar-refractivity contribution in [2.24, 2.45) is 0 Å². The summed E-state index contributed by atoms with van der Waals surface area (Å²) in [5, 5.41) is 0.513. The van der Waals surface area contributed by atoms with Crippen LogP contribution in [-0.4, -0.2) is 40.0 Å². The molecule has 0 bridgehead atoms. The lowest BCUT2D eigenvalue weighted by Crippen LogP contribution is -2.38. The Hall–Kier alpha value is -2.96. The van der Waals surface area contributed by atoms with Gasteiger partial charge >= 0.3 is 16.1 Å². The highest BCUT2D eigenvalue weighted by molar-refractivity contribution is 7.80. The summed E-state index contributed by atoms with van der Waals surface area (Å²) in [6.07, 6.45) is 0.0821. The Morgan fingerprint density at radius 2 is 2.00 bits per heavy atom. The number of H-pyrrole nitrogens is 2. The molecule has 1 aromatic heterocycles. The van der Waals surface area contributed by atoms with Crippen molar-refractivity contribution in [2.75, 3.05) is 0 Å². The summed E-state index contributed by atoms with van der Waals surface area (Å²) in [7, 11) is -4.89. The molecule has 12 heteroatoms. The van der Waals surface area contributed by atoms with Gasteiger partial charge in [-0.1, -0.05) is 0 Å². The zero-order valence-corrected chi connectivity index (χ0v) is 15.0. The van der Waals surface area contributed by atoms with Gasteiger partial charge in [-0.25, -0.2) is 4.79 Å². The van der Waals surface area contributed by atoms with Crippen molar-refractivity contribution in [3.63, 3.8) is 0 Å². The second kappa shape index (κ2) is 6.64. The SMILES string of the molecule is CC(C)N(OS(=O)(=O)O)C(=O)c1ccc2c(c1)Cc1c([nH]c(=O)[nH]c1=O)O2. The number of hydrogen-bond acceptors (Lipinski definition) is 7. The maximum atomic E-state index is 12.6. The third-order valence-corrected chi connectivity index (χ3v) is 4.08. The van der Waals surface area contributed by atoms with Crippen molar-refractivity contribution in [1.29, 1.82) is 0 Å². The molecule has 0 unspecified atom stereocenters. The minimum atomic E-state index is -4.89. The third kappa shape index (κ3) is 3.92. The maximum absolute atomic E-state index is 12.6. The van der Waals surface area contributed by atoms with Gasteiger partial charge in [-0.05, 0) is 32.0 Å². The molecule has 27 heavy (non-hydrogen) atoms. The quantitative estimate of drug-likeness (QED) is 0.420. The molecule has 0 aliphatic carbocycles. The van der Waals surface area contributed by atoms with E-state index < -0.39 is 33.6 Å². The summed E-state index contributed by atoms with van der Waals surface area (Å²) < 4.78 is 40.6. The van der Waals surface area contributed by atoms with Gasteiger partial charge in [-0.2, -0.15) is 13.5 Å². The Bertz CT molecular complexity index is 1130. The fraction of sp³-hybridized carbons (Fsp3) is 0.267. The summed E-state index contributed by atoms with van der Waals surface area (Å²) in [5.41, 5.74) is -0.611. The van der Waals surface area contributed by atoms with E-state index in [2.05, 4.69) is 14.3 Å². The molecule has 0 spiro atoms. The van der Waals surface area contributed by atoms with Gasteiger partial charge < -0.3 is 4.74 Å². The van der Waals surface area contributed by atoms with Crippen LogP contribution in [0.3, 0.4) is 0 Å². The van der Waals surface area contributed by atoms with Gasteiger partial charge in [-0.3, -0.25) is 24.1 Å². The molecule has 0 radical (unpaired) electrons. The van der Waals surface area contributed by atoms with Crippen LogP contribution in [0.5, 0.6) is 11.6 Å². The lowest BCUT2D eigenvalue weighted by Gasteiger charge is -2.24. The van der Waals surface area contributed by atoms with Crippen LogP contribution in [0.2, 0.25) is 0 Å². The van der Waals surface area contributed by atoms with Gasteiger partial charge in [0.15, 0.2) is 0 Å². The van der Waals surface area contributed by atoms with Gasteiger partial charge in [0, 0.05) is 17.5 Å². The average Bonchev–Trinajstić information content (AvgIpc) is 2.56. The van der Waals surface area contributed by atoms with E-state index in [0.717, 1.165) is 0 Å². The molecule has 0 saturated heterocycles. The normalized spacial score (nSPS) is 12.9. The minimum absolute atomic E-state index is 0.0221. The zero-order chi connectivity index (χ0) is 19.9. The van der Waals surface area contributed by atoms with Crippen LogP contribution in [0.15, 0.2) is 27.8 Å². The summed E-state index contributed by atoms with van der Waals surface area (Å²) >= 11 is 0. The van der Waals surface area contributed by atoms with E-state index in [1.807, 2.05) is 0 Å². The van der Waals surface area contributed by atoms with Crippen molar-refractivity contribution >= 4 is 16.3 Å². The Labute approximate surface area is 152 Å². The molecule has 1 aliphatic rings. The van der Waals surface area contributed by atoms with E-state index in [1.165, 1.54) is 32.0 Å². The first-order valence-corrected chi connectivity index (χ1v) is 9.08. The van der Waals surface area contributed by atoms with Crippen LogP contribution >= 0.6 is 0 Å². The standard InChI is InChI=1S/C15H15N3O8S/c1-7(2)18(26-27(22,23)24)14(20)8-3-4-11-9(5-8)6-10-12(19)16-15(21)17-13(10)25-11/h3-5,7H,6H2,1-2H3,(H,22,23,24)(H2,16,17,19,21). The smallest absolute Gasteiger partial charge is 0.418 e. The molecular formula is C15H15N3O8S. The Morgan fingerprint density at radius 3 is 2.63 bits per heavy atom. The number of nitrogens with one attached hydrogen (secondary N) is 2. The molecule has 144 valence electrons. The highest BCUT2D eigenvalue weighted by Crippen LogP contribution is 2.33. The van der Waals surface area contributed by atoms with E-state index >= 15 is 0 Å². The molecule has 1 aliphatic heterocycles. The Morgan fingerprint density at radius 1 is 1.30 bits per heavy atom. The van der Waals surface area contributed by atoms with Crippen molar-refractivity contribution in [1.82, 2.24) is 15.0 Å². The predicted octanol–water partition coefficient (Wildman–Crippen LogP) is 0.345. The van der Waals surface area contributed by atoms with Gasteiger partial charge in [0.25, 0.3) is 11.5 Å². The first kappa shape index (κ1) is 18.8. The predicted molar refractivity (Wildman–Crippen MR) is 90.9 cm³/mol. The summed E-state index contributed by atoms with van der Waals surface area (Å²) in [5.74, 6) is -0.465. The second-order valence-corrected chi connectivity index (χ2v) is 7.05. The Kier molecular flexibility index (Phi) is 4.63. The minimum Gasteiger partial charge on any atom is -0.440 e. The molecule has 0 fully saturated rings. The van der Waals surface area contributed by atoms with E-state index in [4.69, 9.17) is 9.29 Å². The van der Waals surface area contributed by atoms with Crippen molar-refractivity contribution in [2.45, 2.75) is 26.3 Å². The molecule has 0 saturated carbocycles. The highest BCUT2D eigenvalue weighted by Gasteiger charge is 2.27. The first-order valence-electron chi connectivity index (χ1n) is 7.72. The number of benzene rings is 1. The van der Waals surface area contributed by atoms with E-state index in [0.29, 0.717) is 16.4 Å². The van der Waals surface area contributed by atoms with E-state index in [1.54, 1.807) is 0 Å². The molecular weight excluding hydrogens is 382 g/mol. The number of carbonyl (C=O) groups excluding carboxylic acids is 1. The molecule has 2 aromatic rings. The topological polar surface area (TPSA) is 159 Å². The van der Waals surface area contributed by atoms with Crippen molar-refractivity contribution in [3.8, 4) is 11.6 Å². The van der Waals surface area contributed by atoms with Crippen LogP contribution in [0.4, 0.5) is 0 Å². The molecule has 2 heterocycles. The average molecular weight is 397 g/mol. The number of ether oxygens (including phenoxy) is 1. The second-order valence-electron chi connectivity index (χ2n) is 6.04. The number of aromatic amines is 2. The van der Waals surface area contributed by atoms with Gasteiger partial charge in [0.1, 0.15) is 5.75 Å². The van der Waals surface area contributed by atoms with E-state index in [-0.39, 0.29) is 23.4 Å². The third-order valence-electron chi connectivity index (χ3n) is 3.73. The van der Waals surface area contributed by atoms with Crippen LogP contribution < -0.4 is 16.0 Å². The summed E-state index contributed by atoms with van der Waals surface area (Å²) in [4.78, 5) is 40.3. The van der Waals surface area contributed by atoms with Crippen LogP contribution in [0.25, 0.3) is 0 Å². The van der Waals surface area contributed by atoms with Crippen LogP contribution in [0.1, 0.15) is 35.3 Å². The van der Waals surface area contributed by atoms with Crippen LogP contribution in [-0.2, 0) is 21.1 Å². The summed E-state index contributed by atoms with van der Waals surface area (Å²) in [6.45, 7) is 2.99. The van der Waals surface area contributed by atoms with Gasteiger partial charge in [-0.15, -0.1) is 4.28 Å². The van der Waals surface area contributed by atoms with E-state index in [9.17, 15) is 22.8 Å². The number of rotatable bonds is 4. The lowest BCUT2D eigenvalue weighted by molar-refractivity contribution is -0.0561. The molecule has 3 N–H and O–H groups in total. The maximum Gasteiger partial charge on any atom is 0.418 e. The number of hydroxylamine groups is 2. The number of hydrogen-bond donors (Lipinski definition) is 3. The molecule has 0 atom stereocenters. The number of fused-ring (bicyclic) bond motifs is 2. The summed E-state index contributed by atoms with van der Waals surface area (Å²) in [6, 6.07) is 3.52. The number of carbonyl (C=O) groups is 1. The highest BCUT2D eigenvalue weighted by atomic mass is 32.3. The Balaban J connectivity index is 1.96. The molecule has 1 amide bonds. The fourth-order valence-electron chi connectivity index (χ4n) is 2.57. The number of aromatic nitrogens is 2. The molecule has 1 aromatic carbocycles.